The fourth-order valence-corrected chi connectivity index (χ4v) is 2.80. The van der Waals surface area contributed by atoms with Crippen molar-refractivity contribution in [3.8, 4) is 22.6 Å². The molecule has 1 aromatic heterocycles. The summed E-state index contributed by atoms with van der Waals surface area (Å²) in [5.41, 5.74) is 6.92. The van der Waals surface area contributed by atoms with E-state index in [0.717, 1.165) is 0 Å². The number of methoxy groups -OCH3 is 2. The van der Waals surface area contributed by atoms with E-state index in [0.29, 0.717) is 34.4 Å². The minimum absolute atomic E-state index is 0.107. The van der Waals surface area contributed by atoms with Gasteiger partial charge in [-0.15, -0.1) is 10.2 Å². The lowest BCUT2D eigenvalue weighted by molar-refractivity contribution is 0.0931. The number of nitrogens with two attached hydrogens (primary N) is 1. The number of hydrogen-bond acceptors (Lipinski definition) is 6. The van der Waals surface area contributed by atoms with Crippen LogP contribution in [0, 0.1) is 5.82 Å². The summed E-state index contributed by atoms with van der Waals surface area (Å²) in [5, 5.41) is 11.3. The summed E-state index contributed by atoms with van der Waals surface area (Å²) < 4.78 is 25.3. The van der Waals surface area contributed by atoms with Gasteiger partial charge in [0.05, 0.1) is 20.4 Å². The Bertz CT molecular complexity index is 1030. The Morgan fingerprint density at radius 2 is 1.96 bits per heavy atom. The zero-order valence-corrected chi connectivity index (χ0v) is 15.8. The van der Waals surface area contributed by atoms with Gasteiger partial charge in [0.1, 0.15) is 22.8 Å². The number of ether oxygens (including phenoxy) is 2. The van der Waals surface area contributed by atoms with Crippen molar-refractivity contribution in [1.82, 2.24) is 15.5 Å². The van der Waals surface area contributed by atoms with Gasteiger partial charge in [0.2, 0.25) is 0 Å². The van der Waals surface area contributed by atoms with E-state index in [1.54, 1.807) is 30.3 Å². The molecular formula is C20H21FN4O3. The number of carbonyl (C=O) groups excluding carboxylic acids is 1. The van der Waals surface area contributed by atoms with E-state index in [9.17, 15) is 9.18 Å². The van der Waals surface area contributed by atoms with E-state index >= 15 is 0 Å². The van der Waals surface area contributed by atoms with Gasteiger partial charge in [-0.25, -0.2) is 4.39 Å². The summed E-state index contributed by atoms with van der Waals surface area (Å²) in [6.07, 6.45) is 0.108. The average Bonchev–Trinajstić information content (AvgIpc) is 2.72. The first-order valence-electron chi connectivity index (χ1n) is 8.73. The first-order valence-corrected chi connectivity index (χ1v) is 8.73. The molecule has 8 heteroatoms. The fourth-order valence-electron chi connectivity index (χ4n) is 2.80. The van der Waals surface area contributed by atoms with Crippen LogP contribution in [0.25, 0.3) is 22.0 Å². The maximum Gasteiger partial charge on any atom is 0.273 e. The van der Waals surface area contributed by atoms with Crippen molar-refractivity contribution in [2.75, 3.05) is 14.2 Å². The van der Waals surface area contributed by atoms with Crippen LogP contribution in [-0.2, 0) is 0 Å². The molecule has 0 aliphatic heterocycles. The van der Waals surface area contributed by atoms with Gasteiger partial charge < -0.3 is 20.5 Å². The van der Waals surface area contributed by atoms with Crippen molar-refractivity contribution in [2.45, 2.75) is 19.5 Å². The highest BCUT2D eigenvalue weighted by molar-refractivity contribution is 5.99. The molecule has 0 spiro atoms. The molecule has 3 aromatic rings. The smallest absolute Gasteiger partial charge is 0.273 e. The lowest BCUT2D eigenvalue weighted by Crippen LogP contribution is -2.41. The maximum atomic E-state index is 14.7. The molecule has 0 saturated heterocycles. The predicted molar refractivity (Wildman–Crippen MR) is 104 cm³/mol. The second kappa shape index (κ2) is 8.18. The van der Waals surface area contributed by atoms with Crippen LogP contribution in [0.5, 0.6) is 11.5 Å². The van der Waals surface area contributed by atoms with Gasteiger partial charge in [-0.2, -0.15) is 0 Å². The van der Waals surface area contributed by atoms with Crippen molar-refractivity contribution >= 4 is 16.8 Å². The number of amides is 1. The molecule has 1 heterocycles. The predicted octanol–water partition coefficient (Wildman–Crippen LogP) is 2.88. The van der Waals surface area contributed by atoms with Gasteiger partial charge in [-0.3, -0.25) is 4.79 Å². The molecule has 0 aliphatic carbocycles. The van der Waals surface area contributed by atoms with Crippen LogP contribution >= 0.6 is 0 Å². The third kappa shape index (κ3) is 3.72. The van der Waals surface area contributed by atoms with Crippen LogP contribution < -0.4 is 20.5 Å². The van der Waals surface area contributed by atoms with Gasteiger partial charge in [-0.05, 0) is 36.8 Å². The minimum Gasteiger partial charge on any atom is -0.497 e. The Hall–Kier alpha value is -3.26. The number of nitrogens with one attached hydrogen (secondary N) is 1. The molecule has 0 bridgehead atoms. The fraction of sp³-hybridized carbons (Fsp3) is 0.250. The van der Waals surface area contributed by atoms with E-state index in [1.807, 2.05) is 6.92 Å². The monoisotopic (exact) mass is 384 g/mol. The number of aromatic nitrogens is 2. The molecule has 146 valence electrons. The highest BCUT2D eigenvalue weighted by Crippen LogP contribution is 2.38. The third-order valence-corrected chi connectivity index (χ3v) is 4.38. The Morgan fingerprint density at radius 1 is 1.18 bits per heavy atom. The zero-order valence-electron chi connectivity index (χ0n) is 15.8. The number of hydrogen-bond donors (Lipinski definition) is 2. The second-order valence-electron chi connectivity index (χ2n) is 6.14. The van der Waals surface area contributed by atoms with Crippen molar-refractivity contribution in [3.05, 3.63) is 47.9 Å². The summed E-state index contributed by atoms with van der Waals surface area (Å²) >= 11 is 0. The molecule has 1 unspecified atom stereocenters. The van der Waals surface area contributed by atoms with Gasteiger partial charge in [0.25, 0.3) is 5.91 Å². The number of rotatable bonds is 6. The molecule has 3 N–H and O–H groups in total. The van der Waals surface area contributed by atoms with Crippen molar-refractivity contribution in [1.29, 1.82) is 0 Å². The topological polar surface area (TPSA) is 99.4 Å². The van der Waals surface area contributed by atoms with Crippen LogP contribution in [0.15, 0.2) is 36.4 Å². The lowest BCUT2D eigenvalue weighted by Gasteiger charge is -2.14. The largest absolute Gasteiger partial charge is 0.497 e. The lowest BCUT2D eigenvalue weighted by atomic mass is 10.00. The molecule has 0 saturated carbocycles. The Labute approximate surface area is 161 Å². The van der Waals surface area contributed by atoms with Crippen LogP contribution in [-0.4, -0.2) is 36.5 Å². The van der Waals surface area contributed by atoms with Gasteiger partial charge in [0, 0.05) is 22.6 Å². The van der Waals surface area contributed by atoms with E-state index in [-0.39, 0.29) is 11.3 Å². The van der Waals surface area contributed by atoms with Crippen LogP contribution in [0.2, 0.25) is 0 Å². The van der Waals surface area contributed by atoms with E-state index in [2.05, 4.69) is 15.5 Å². The molecule has 1 amide bonds. The van der Waals surface area contributed by atoms with Gasteiger partial charge in [-0.1, -0.05) is 6.92 Å². The molecule has 0 fully saturated rings. The van der Waals surface area contributed by atoms with Crippen molar-refractivity contribution < 1.29 is 18.7 Å². The SMILES string of the molecule is CCC(N)NC(=O)c1cc2ccc(F)c(-c3ccc(OC)cc3OC)c2nn1. The van der Waals surface area contributed by atoms with Gasteiger partial charge in [0.15, 0.2) is 5.69 Å². The van der Waals surface area contributed by atoms with E-state index < -0.39 is 17.9 Å². The number of halogens is 1. The summed E-state index contributed by atoms with van der Waals surface area (Å²) in [6.45, 7) is 1.86. The molecule has 1 atom stereocenters. The van der Waals surface area contributed by atoms with Gasteiger partial charge >= 0.3 is 0 Å². The molecule has 28 heavy (non-hydrogen) atoms. The minimum atomic E-state index is -0.476. The Balaban J connectivity index is 2.12. The first-order chi connectivity index (χ1) is 13.5. The molecule has 2 aromatic carbocycles. The quantitative estimate of drug-likeness (QED) is 0.634. The summed E-state index contributed by atoms with van der Waals surface area (Å²) in [6, 6.07) is 9.49. The summed E-state index contributed by atoms with van der Waals surface area (Å²) in [5.74, 6) is 0.106. The van der Waals surface area contributed by atoms with Crippen LogP contribution in [0.1, 0.15) is 23.8 Å². The molecular weight excluding hydrogens is 363 g/mol. The third-order valence-electron chi connectivity index (χ3n) is 4.38. The highest BCUT2D eigenvalue weighted by atomic mass is 19.1. The second-order valence-corrected chi connectivity index (χ2v) is 6.14. The van der Waals surface area contributed by atoms with E-state index in [4.69, 9.17) is 15.2 Å². The molecule has 0 radical (unpaired) electrons. The molecule has 7 nitrogen and oxygen atoms in total. The Kier molecular flexibility index (Phi) is 5.70. The number of nitrogens with zero attached hydrogens (tertiary/aromatic N) is 2. The molecule has 3 rings (SSSR count). The number of benzene rings is 2. The van der Waals surface area contributed by atoms with Crippen LogP contribution in [0.4, 0.5) is 4.39 Å². The van der Waals surface area contributed by atoms with E-state index in [1.165, 1.54) is 20.3 Å². The standard InChI is InChI=1S/C20H21FN4O3/c1-4-17(22)23-20(26)15-9-11-5-8-14(21)18(19(11)25-24-15)13-7-6-12(27-2)10-16(13)28-3/h5-10,17H,4,22H2,1-3H3,(H,23,26). The normalized spacial score (nSPS) is 11.9. The van der Waals surface area contributed by atoms with Crippen molar-refractivity contribution in [2.24, 2.45) is 5.73 Å². The maximum absolute atomic E-state index is 14.7. The zero-order chi connectivity index (χ0) is 20.3. The highest BCUT2D eigenvalue weighted by Gasteiger charge is 2.19. The van der Waals surface area contributed by atoms with Crippen molar-refractivity contribution in [3.63, 3.8) is 0 Å². The number of fused-ring (bicyclic) bond motifs is 1. The van der Waals surface area contributed by atoms with Crippen LogP contribution in [0.3, 0.4) is 0 Å². The average molecular weight is 384 g/mol. The number of carbonyl (C=O) groups is 1. The first kappa shape index (κ1) is 19.5. The molecule has 0 aliphatic rings. The Morgan fingerprint density at radius 3 is 2.64 bits per heavy atom. The summed E-state index contributed by atoms with van der Waals surface area (Å²) in [7, 11) is 3.03. The summed E-state index contributed by atoms with van der Waals surface area (Å²) in [4.78, 5) is 12.2.